The van der Waals surface area contributed by atoms with Crippen molar-refractivity contribution in [2.24, 2.45) is 0 Å². The van der Waals surface area contributed by atoms with Crippen LogP contribution in [0.3, 0.4) is 0 Å². The lowest BCUT2D eigenvalue weighted by atomic mass is 10.4. The maximum atomic E-state index is 4.44. The molecule has 0 aliphatic rings. The lowest BCUT2D eigenvalue weighted by Crippen LogP contribution is -1.92. The van der Waals surface area contributed by atoms with Crippen molar-refractivity contribution in [3.05, 3.63) is 0 Å². The van der Waals surface area contributed by atoms with Gasteiger partial charge in [-0.1, -0.05) is 26.7 Å². The summed E-state index contributed by atoms with van der Waals surface area (Å²) in [5.41, 5.74) is 0. The van der Waals surface area contributed by atoms with Crippen LogP contribution in [-0.4, -0.2) is 21.0 Å². The monoisotopic (exact) mass is 150 g/mol. The largest absolute Gasteiger partial charge is 0.355 e. The maximum Gasteiger partial charge on any atom is 0.180 e. The van der Waals surface area contributed by atoms with Crippen molar-refractivity contribution in [1.82, 2.24) is 0 Å². The van der Waals surface area contributed by atoms with E-state index in [-0.39, 0.29) is 6.79 Å². The molecule has 64 valence electrons. The van der Waals surface area contributed by atoms with E-state index in [9.17, 15) is 0 Å². The summed E-state index contributed by atoms with van der Waals surface area (Å²) in [5, 5.41) is 0. The Balaban J connectivity index is 0. The minimum Gasteiger partial charge on any atom is -0.355 e. The first kappa shape index (κ1) is 12.5. The molecule has 0 unspecified atom stereocenters. The second kappa shape index (κ2) is 15.9. The van der Waals surface area contributed by atoms with Gasteiger partial charge in [-0.05, 0) is 0 Å². The van der Waals surface area contributed by atoms with Crippen LogP contribution in [0.5, 0.6) is 0 Å². The molecule has 0 fully saturated rings. The van der Waals surface area contributed by atoms with Crippen LogP contribution in [0.4, 0.5) is 0 Å². The highest BCUT2D eigenvalue weighted by Gasteiger charge is 1.71. The normalized spacial score (nSPS) is 8.40. The fraction of sp³-hybridized carbons (Fsp3) is 1.00. The van der Waals surface area contributed by atoms with E-state index in [2.05, 4.69) is 28.4 Å². The molecular weight excluding hydrogens is 132 g/mol. The Morgan fingerprint density at radius 3 is 1.60 bits per heavy atom. The van der Waals surface area contributed by atoms with Gasteiger partial charge in [-0.3, -0.25) is 0 Å². The Bertz CT molecular complexity index is 33.8. The number of ether oxygens (including phenoxy) is 1. The van der Waals surface area contributed by atoms with Crippen molar-refractivity contribution in [3.8, 4) is 0 Å². The third-order valence-electron chi connectivity index (χ3n) is 0.784. The Morgan fingerprint density at radius 1 is 1.00 bits per heavy atom. The molecule has 0 aromatic rings. The molecule has 3 nitrogen and oxygen atoms in total. The van der Waals surface area contributed by atoms with Crippen LogP contribution in [-0.2, 0) is 14.5 Å². The summed E-state index contributed by atoms with van der Waals surface area (Å²) in [6.07, 6.45) is 2.64. The zero-order valence-corrected chi connectivity index (χ0v) is 7.35. The van der Waals surface area contributed by atoms with Crippen LogP contribution in [0.1, 0.15) is 26.7 Å². The van der Waals surface area contributed by atoms with Crippen LogP contribution in [0.25, 0.3) is 0 Å². The Kier molecular flexibility index (Phi) is 20.0. The standard InChI is InChI=1S/C4H10.C3H8O3/c1-3-4-2;1-4-3-6-5-2/h3-4H2,1-2H3;3H2,1-2H3. The predicted molar refractivity (Wildman–Crippen MR) is 40.6 cm³/mol. The molecule has 0 amide bonds. The molecule has 3 heteroatoms. The highest BCUT2D eigenvalue weighted by molar-refractivity contribution is 4.12. The zero-order valence-electron chi connectivity index (χ0n) is 7.35. The van der Waals surface area contributed by atoms with Crippen LogP contribution in [0, 0.1) is 0 Å². The first-order valence-corrected chi connectivity index (χ1v) is 3.47. The van der Waals surface area contributed by atoms with Crippen LogP contribution >= 0.6 is 0 Å². The van der Waals surface area contributed by atoms with Crippen molar-refractivity contribution in [2.45, 2.75) is 26.7 Å². The lowest BCUT2D eigenvalue weighted by molar-refractivity contribution is -0.314. The zero-order chi connectivity index (χ0) is 8.24. The van der Waals surface area contributed by atoms with Gasteiger partial charge in [0, 0.05) is 7.11 Å². The minimum absolute atomic E-state index is 0.191. The van der Waals surface area contributed by atoms with Gasteiger partial charge in [0.2, 0.25) is 0 Å². The summed E-state index contributed by atoms with van der Waals surface area (Å²) in [4.78, 5) is 8.42. The van der Waals surface area contributed by atoms with Crippen LogP contribution in [0.15, 0.2) is 0 Å². The topological polar surface area (TPSA) is 27.7 Å². The molecule has 0 spiro atoms. The number of hydrogen-bond donors (Lipinski definition) is 0. The van der Waals surface area contributed by atoms with Gasteiger partial charge in [0.15, 0.2) is 6.79 Å². The smallest absolute Gasteiger partial charge is 0.180 e. The van der Waals surface area contributed by atoms with E-state index in [1.807, 2.05) is 0 Å². The molecule has 0 saturated heterocycles. The number of hydrogen-bond acceptors (Lipinski definition) is 3. The maximum absolute atomic E-state index is 4.44. The van der Waals surface area contributed by atoms with E-state index in [1.54, 1.807) is 0 Å². The van der Waals surface area contributed by atoms with E-state index >= 15 is 0 Å². The molecular formula is C7H18O3. The minimum atomic E-state index is 0.191. The second-order valence-electron chi connectivity index (χ2n) is 1.69. The third-order valence-corrected chi connectivity index (χ3v) is 0.784. The van der Waals surface area contributed by atoms with E-state index in [4.69, 9.17) is 0 Å². The van der Waals surface area contributed by atoms with E-state index in [0.717, 1.165) is 0 Å². The molecule has 10 heavy (non-hydrogen) atoms. The first-order valence-electron chi connectivity index (χ1n) is 3.47. The molecule has 0 N–H and O–H groups in total. The molecule has 0 saturated carbocycles. The van der Waals surface area contributed by atoms with Gasteiger partial charge in [-0.2, -0.15) is 0 Å². The van der Waals surface area contributed by atoms with Gasteiger partial charge in [0.25, 0.3) is 0 Å². The summed E-state index contributed by atoms with van der Waals surface area (Å²) in [6.45, 7) is 4.55. The summed E-state index contributed by atoms with van der Waals surface area (Å²) in [5.74, 6) is 0. The number of methoxy groups -OCH3 is 1. The summed E-state index contributed by atoms with van der Waals surface area (Å²) in [6, 6.07) is 0. The molecule has 0 aliphatic heterocycles. The van der Waals surface area contributed by atoms with E-state index < -0.39 is 0 Å². The predicted octanol–water partition coefficient (Wildman–Crippen LogP) is 1.97. The second-order valence-corrected chi connectivity index (χ2v) is 1.69. The number of unbranched alkanes of at least 4 members (excludes halogenated alkanes) is 1. The van der Waals surface area contributed by atoms with Gasteiger partial charge in [0.05, 0.1) is 7.11 Å². The Hall–Kier alpha value is -0.120. The van der Waals surface area contributed by atoms with E-state index in [0.29, 0.717) is 0 Å². The Morgan fingerprint density at radius 2 is 1.50 bits per heavy atom. The number of rotatable bonds is 4. The molecule has 0 aromatic heterocycles. The molecule has 0 bridgehead atoms. The summed E-state index contributed by atoms with van der Waals surface area (Å²) < 4.78 is 4.44. The van der Waals surface area contributed by atoms with Crippen LogP contribution in [0.2, 0.25) is 0 Å². The fourth-order valence-electron chi connectivity index (χ4n) is 0.0962. The van der Waals surface area contributed by atoms with Gasteiger partial charge >= 0.3 is 0 Å². The highest BCUT2D eigenvalue weighted by Crippen LogP contribution is 1.76. The van der Waals surface area contributed by atoms with Gasteiger partial charge in [-0.15, -0.1) is 0 Å². The molecule has 0 aromatic carbocycles. The molecule has 0 aliphatic carbocycles. The van der Waals surface area contributed by atoms with Crippen molar-refractivity contribution < 1.29 is 14.5 Å². The van der Waals surface area contributed by atoms with Crippen molar-refractivity contribution in [2.75, 3.05) is 21.0 Å². The molecule has 0 heterocycles. The van der Waals surface area contributed by atoms with Gasteiger partial charge in [0.1, 0.15) is 0 Å². The van der Waals surface area contributed by atoms with Crippen molar-refractivity contribution >= 4 is 0 Å². The SMILES string of the molecule is CCCC.COCOOC. The average molecular weight is 150 g/mol. The lowest BCUT2D eigenvalue weighted by Gasteiger charge is -1.92. The quantitative estimate of drug-likeness (QED) is 0.265. The van der Waals surface area contributed by atoms with Crippen LogP contribution < -0.4 is 0 Å². The van der Waals surface area contributed by atoms with Gasteiger partial charge < -0.3 is 4.74 Å². The summed E-state index contributed by atoms with van der Waals surface area (Å²) >= 11 is 0. The summed E-state index contributed by atoms with van der Waals surface area (Å²) in [7, 11) is 2.96. The fourth-order valence-corrected chi connectivity index (χ4v) is 0.0962. The average Bonchev–Trinajstić information content (AvgIpc) is 2.01. The van der Waals surface area contributed by atoms with Crippen molar-refractivity contribution in [1.29, 1.82) is 0 Å². The van der Waals surface area contributed by atoms with Crippen molar-refractivity contribution in [3.63, 3.8) is 0 Å². The first-order chi connectivity index (χ1) is 4.83. The molecule has 0 radical (unpaired) electrons. The molecule has 0 atom stereocenters. The third kappa shape index (κ3) is 24.8. The van der Waals surface area contributed by atoms with Gasteiger partial charge in [-0.25, -0.2) is 9.78 Å². The Labute approximate surface area is 63.2 Å². The highest BCUT2D eigenvalue weighted by atomic mass is 17.2. The molecule has 0 rings (SSSR count). The van der Waals surface area contributed by atoms with E-state index in [1.165, 1.54) is 27.1 Å².